The Balaban J connectivity index is 1.78. The molecule has 138 valence electrons. The molecule has 28 heavy (non-hydrogen) atoms. The fourth-order valence-corrected chi connectivity index (χ4v) is 6.00. The van der Waals surface area contributed by atoms with Gasteiger partial charge in [0, 0.05) is 23.3 Å². The van der Waals surface area contributed by atoms with Crippen molar-refractivity contribution in [2.75, 3.05) is 17.7 Å². The Kier molecular flexibility index (Phi) is 4.13. The van der Waals surface area contributed by atoms with Crippen molar-refractivity contribution in [3.8, 4) is 0 Å². The van der Waals surface area contributed by atoms with Gasteiger partial charge < -0.3 is 4.90 Å². The maximum Gasteiger partial charge on any atom is 0.238 e. The van der Waals surface area contributed by atoms with Crippen molar-refractivity contribution in [1.82, 2.24) is 0 Å². The molecule has 2 heterocycles. The van der Waals surface area contributed by atoms with Crippen LogP contribution in [0, 0.1) is 5.41 Å². The number of hydrogen-bond acceptors (Lipinski definition) is 2. The van der Waals surface area contributed by atoms with Crippen molar-refractivity contribution in [2.24, 2.45) is 5.41 Å². The molecular weight excluding hydrogens is 362 g/mol. The molecule has 0 radical (unpaired) electrons. The first kappa shape index (κ1) is 17.3. The summed E-state index contributed by atoms with van der Waals surface area (Å²) in [5, 5.41) is 0. The van der Waals surface area contributed by atoms with Gasteiger partial charge in [0.25, 0.3) is 0 Å². The van der Waals surface area contributed by atoms with Crippen molar-refractivity contribution in [3.63, 3.8) is 0 Å². The van der Waals surface area contributed by atoms with Crippen LogP contribution in [0.5, 0.6) is 0 Å². The Morgan fingerprint density at radius 3 is 2.29 bits per heavy atom. The third kappa shape index (κ3) is 2.54. The number of anilines is 1. The molecule has 1 amide bonds. The molecule has 1 atom stereocenters. The minimum atomic E-state index is -0.527. The third-order valence-electron chi connectivity index (χ3n) is 5.80. The van der Waals surface area contributed by atoms with Crippen molar-refractivity contribution in [3.05, 3.63) is 102 Å². The van der Waals surface area contributed by atoms with Gasteiger partial charge in [-0.3, -0.25) is 4.79 Å². The molecule has 0 aromatic heterocycles. The van der Waals surface area contributed by atoms with Crippen LogP contribution in [0.3, 0.4) is 0 Å². The summed E-state index contributed by atoms with van der Waals surface area (Å²) in [6.45, 7) is 0. The van der Waals surface area contributed by atoms with Crippen LogP contribution in [-0.2, 0) is 11.2 Å². The Morgan fingerprint density at radius 1 is 0.893 bits per heavy atom. The number of carbonyl (C=O) groups excluding carboxylic acids is 1. The van der Waals surface area contributed by atoms with E-state index in [9.17, 15) is 4.79 Å². The molecule has 5 rings (SSSR count). The van der Waals surface area contributed by atoms with E-state index in [0.29, 0.717) is 0 Å². The van der Waals surface area contributed by atoms with Gasteiger partial charge in [0.2, 0.25) is 5.91 Å². The lowest BCUT2D eigenvalue weighted by molar-refractivity contribution is -0.124. The van der Waals surface area contributed by atoms with Crippen LogP contribution in [0.2, 0.25) is 0 Å². The molecule has 0 aliphatic carbocycles. The van der Waals surface area contributed by atoms with Crippen LogP contribution in [0.1, 0.15) is 16.7 Å². The van der Waals surface area contributed by atoms with Gasteiger partial charge in [0.15, 0.2) is 0 Å². The van der Waals surface area contributed by atoms with Crippen LogP contribution in [0.25, 0.3) is 10.5 Å². The molecule has 3 aromatic rings. The lowest BCUT2D eigenvalue weighted by Crippen LogP contribution is -2.48. The maximum absolute atomic E-state index is 13.8. The highest BCUT2D eigenvalue weighted by Gasteiger charge is 2.53. The lowest BCUT2D eigenvalue weighted by atomic mass is 9.69. The summed E-state index contributed by atoms with van der Waals surface area (Å²) in [6.07, 6.45) is 0.726. The van der Waals surface area contributed by atoms with E-state index in [1.54, 1.807) is 0 Å². The zero-order chi connectivity index (χ0) is 19.1. The van der Waals surface area contributed by atoms with E-state index in [2.05, 4.69) is 66.7 Å². The van der Waals surface area contributed by atoms with Crippen LogP contribution in [-0.4, -0.2) is 18.7 Å². The van der Waals surface area contributed by atoms with Gasteiger partial charge in [-0.25, -0.2) is 0 Å². The molecule has 2 aliphatic rings. The van der Waals surface area contributed by atoms with Gasteiger partial charge >= 0.3 is 0 Å². The van der Waals surface area contributed by atoms with Crippen LogP contribution in [0.4, 0.5) is 5.69 Å². The molecule has 0 spiro atoms. The van der Waals surface area contributed by atoms with Crippen LogP contribution < -0.4 is 4.90 Å². The van der Waals surface area contributed by atoms with E-state index < -0.39 is 5.41 Å². The second kappa shape index (κ2) is 6.68. The summed E-state index contributed by atoms with van der Waals surface area (Å²) >= 11 is 1.82. The highest BCUT2D eigenvalue weighted by atomic mass is 32.2. The smallest absolute Gasteiger partial charge is 0.238 e. The van der Waals surface area contributed by atoms with E-state index in [0.717, 1.165) is 17.9 Å². The Morgan fingerprint density at radius 2 is 1.54 bits per heavy atom. The molecule has 0 fully saturated rings. The predicted octanol–water partition coefficient (Wildman–Crippen LogP) is 5.51. The first-order valence-corrected chi connectivity index (χ1v) is 10.5. The summed E-state index contributed by atoms with van der Waals surface area (Å²) in [6, 6.07) is 29.2. The summed E-state index contributed by atoms with van der Waals surface area (Å²) in [5.41, 5.74) is 5.26. The number of fused-ring (bicyclic) bond motifs is 3. The van der Waals surface area contributed by atoms with Crippen LogP contribution in [0.15, 0.2) is 84.9 Å². The van der Waals surface area contributed by atoms with E-state index in [4.69, 9.17) is 0 Å². The number of para-hydroxylation sites is 1. The Labute approximate surface area is 169 Å². The van der Waals surface area contributed by atoms with Crippen molar-refractivity contribution in [1.29, 1.82) is 0 Å². The number of hydrogen-bond donors (Lipinski definition) is 0. The molecule has 3 heteroatoms. The van der Waals surface area contributed by atoms with Gasteiger partial charge in [-0.1, -0.05) is 78.9 Å². The third-order valence-corrected chi connectivity index (χ3v) is 7.17. The van der Waals surface area contributed by atoms with Gasteiger partial charge in [0.1, 0.15) is 0 Å². The molecule has 1 unspecified atom stereocenters. The van der Waals surface area contributed by atoms with E-state index in [1.807, 2.05) is 41.9 Å². The van der Waals surface area contributed by atoms with Crippen molar-refractivity contribution in [2.45, 2.75) is 6.42 Å². The van der Waals surface area contributed by atoms with E-state index >= 15 is 0 Å². The second-order valence-electron chi connectivity index (χ2n) is 7.48. The fourth-order valence-electron chi connectivity index (χ4n) is 4.49. The quantitative estimate of drug-likeness (QED) is 0.595. The van der Waals surface area contributed by atoms with Crippen molar-refractivity contribution < 1.29 is 4.79 Å². The summed E-state index contributed by atoms with van der Waals surface area (Å²) in [7, 11) is 1.91. The maximum atomic E-state index is 13.8. The summed E-state index contributed by atoms with van der Waals surface area (Å²) < 4.78 is 0. The Bertz CT molecular complexity index is 1070. The standard InChI is InChI=1S/C25H21NOS/c1-26-21-15-9-8-14-20(21)22-23(19-12-6-3-7-13-19)28-17-25(22,24(26)27)16-18-10-4-2-5-11-18/h2-15H,16-17H2,1H3. The zero-order valence-corrected chi connectivity index (χ0v) is 16.6. The summed E-state index contributed by atoms with van der Waals surface area (Å²) in [5.74, 6) is 0.974. The first-order chi connectivity index (χ1) is 13.7. The topological polar surface area (TPSA) is 20.3 Å². The molecule has 0 bridgehead atoms. The SMILES string of the molecule is CN1C(=O)C2(Cc3ccccc3)CSC(c3ccccc3)=C2c2ccccc21. The number of thioether (sulfide) groups is 1. The normalized spacial score (nSPS) is 20.9. The molecule has 0 N–H and O–H groups in total. The average Bonchev–Trinajstić information content (AvgIpc) is 3.14. The second-order valence-corrected chi connectivity index (χ2v) is 8.47. The summed E-state index contributed by atoms with van der Waals surface area (Å²) in [4.78, 5) is 16.8. The van der Waals surface area contributed by atoms with Gasteiger partial charge in [-0.15, -0.1) is 11.8 Å². The Hall–Kier alpha value is -2.78. The molecule has 2 nitrogen and oxygen atoms in total. The van der Waals surface area contributed by atoms with E-state index in [1.165, 1.54) is 27.2 Å². The number of nitrogens with zero attached hydrogens (tertiary/aromatic N) is 1. The molecular formula is C25H21NOS. The van der Waals surface area contributed by atoms with Gasteiger partial charge in [0.05, 0.1) is 11.1 Å². The molecule has 2 aliphatic heterocycles. The number of benzene rings is 3. The van der Waals surface area contributed by atoms with Crippen molar-refractivity contribution >= 4 is 33.8 Å². The molecule has 0 saturated heterocycles. The first-order valence-electron chi connectivity index (χ1n) is 9.55. The monoisotopic (exact) mass is 383 g/mol. The molecule has 3 aromatic carbocycles. The van der Waals surface area contributed by atoms with Crippen LogP contribution >= 0.6 is 11.8 Å². The minimum absolute atomic E-state index is 0.198. The van der Waals surface area contributed by atoms with Gasteiger partial charge in [-0.05, 0) is 29.2 Å². The highest BCUT2D eigenvalue weighted by molar-refractivity contribution is 8.09. The number of rotatable bonds is 3. The predicted molar refractivity (Wildman–Crippen MR) is 118 cm³/mol. The zero-order valence-electron chi connectivity index (χ0n) is 15.8. The average molecular weight is 384 g/mol. The van der Waals surface area contributed by atoms with E-state index in [-0.39, 0.29) is 5.91 Å². The number of amides is 1. The minimum Gasteiger partial charge on any atom is -0.314 e. The van der Waals surface area contributed by atoms with Gasteiger partial charge in [-0.2, -0.15) is 0 Å². The fraction of sp³-hybridized carbons (Fsp3) is 0.160. The highest BCUT2D eigenvalue weighted by Crippen LogP contribution is 2.59. The largest absolute Gasteiger partial charge is 0.314 e. The molecule has 0 saturated carbocycles. The lowest BCUT2D eigenvalue weighted by Gasteiger charge is -2.41. The number of carbonyl (C=O) groups is 1.